The van der Waals surface area contributed by atoms with E-state index in [4.69, 9.17) is 4.74 Å². The number of benzene rings is 1. The van der Waals surface area contributed by atoms with Crippen molar-refractivity contribution < 1.29 is 14.3 Å². The van der Waals surface area contributed by atoms with Gasteiger partial charge in [0.1, 0.15) is 16.6 Å². The van der Waals surface area contributed by atoms with E-state index in [0.29, 0.717) is 30.1 Å². The van der Waals surface area contributed by atoms with Crippen molar-refractivity contribution in [3.63, 3.8) is 0 Å². The Morgan fingerprint density at radius 3 is 2.79 bits per heavy atom. The third kappa shape index (κ3) is 6.18. The van der Waals surface area contributed by atoms with Crippen LogP contribution in [0, 0.1) is 6.92 Å². The molecule has 1 aromatic carbocycles. The van der Waals surface area contributed by atoms with E-state index < -0.39 is 0 Å². The second kappa shape index (κ2) is 11.2. The minimum atomic E-state index is -0.0380. The molecular weight excluding hydrogens is 468 g/mol. The number of aromatic nitrogens is 3. The molecule has 0 spiro atoms. The Labute approximate surface area is 206 Å². The molecule has 0 radical (unpaired) electrons. The lowest BCUT2D eigenvalue weighted by molar-refractivity contribution is -0.121. The van der Waals surface area contributed by atoms with Gasteiger partial charge in [-0.05, 0) is 55.8 Å². The summed E-state index contributed by atoms with van der Waals surface area (Å²) >= 11 is 2.80. The average molecular weight is 493 g/mol. The third-order valence-corrected chi connectivity index (χ3v) is 7.17. The first-order chi connectivity index (χ1) is 16.5. The van der Waals surface area contributed by atoms with Crippen molar-refractivity contribution in [3.05, 3.63) is 76.0 Å². The van der Waals surface area contributed by atoms with Crippen molar-refractivity contribution in [1.29, 1.82) is 0 Å². The summed E-state index contributed by atoms with van der Waals surface area (Å²) in [5.41, 5.74) is 1.71. The summed E-state index contributed by atoms with van der Waals surface area (Å²) in [6.07, 6.45) is 2.70. The summed E-state index contributed by atoms with van der Waals surface area (Å²) in [5.74, 6) is 1.63. The molecule has 0 saturated carbocycles. The maximum atomic E-state index is 12.8. The smallest absolute Gasteiger partial charge is 0.220 e. The van der Waals surface area contributed by atoms with Gasteiger partial charge in [0.2, 0.25) is 5.91 Å². The lowest BCUT2D eigenvalue weighted by atomic mass is 10.2. The van der Waals surface area contributed by atoms with E-state index >= 15 is 0 Å². The number of hydrogen-bond donors (Lipinski definition) is 1. The van der Waals surface area contributed by atoms with Crippen molar-refractivity contribution in [3.8, 4) is 5.75 Å². The molecule has 0 fully saturated rings. The summed E-state index contributed by atoms with van der Waals surface area (Å²) < 4.78 is 5.32. The van der Waals surface area contributed by atoms with Crippen molar-refractivity contribution in [1.82, 2.24) is 20.3 Å². The van der Waals surface area contributed by atoms with Crippen LogP contribution >= 0.6 is 23.1 Å². The molecule has 174 valence electrons. The van der Waals surface area contributed by atoms with Gasteiger partial charge in [0.25, 0.3) is 0 Å². The van der Waals surface area contributed by atoms with Crippen LogP contribution < -0.4 is 10.1 Å². The Bertz CT molecular complexity index is 1310. The Morgan fingerprint density at radius 1 is 1.12 bits per heavy atom. The van der Waals surface area contributed by atoms with E-state index in [1.54, 1.807) is 13.3 Å². The highest BCUT2D eigenvalue weighted by Gasteiger charge is 2.14. The molecule has 34 heavy (non-hydrogen) atoms. The van der Waals surface area contributed by atoms with Crippen LogP contribution in [0.25, 0.3) is 10.9 Å². The lowest BCUT2D eigenvalue weighted by Crippen LogP contribution is -2.22. The first-order valence-corrected chi connectivity index (χ1v) is 12.6. The van der Waals surface area contributed by atoms with Gasteiger partial charge < -0.3 is 10.1 Å². The number of amides is 1. The highest BCUT2D eigenvalue weighted by molar-refractivity contribution is 8.00. The normalized spacial score (nSPS) is 10.9. The minimum absolute atomic E-state index is 0.0232. The molecule has 1 amide bonds. The van der Waals surface area contributed by atoms with Gasteiger partial charge in [0.15, 0.2) is 5.78 Å². The van der Waals surface area contributed by atoms with Crippen LogP contribution in [0.5, 0.6) is 5.75 Å². The fourth-order valence-electron chi connectivity index (χ4n) is 3.32. The molecule has 0 aliphatic carbocycles. The van der Waals surface area contributed by atoms with Crippen LogP contribution in [-0.2, 0) is 17.8 Å². The maximum Gasteiger partial charge on any atom is 0.220 e. The monoisotopic (exact) mass is 492 g/mol. The van der Waals surface area contributed by atoms with Crippen molar-refractivity contribution in [2.24, 2.45) is 0 Å². The van der Waals surface area contributed by atoms with Gasteiger partial charge >= 0.3 is 0 Å². The van der Waals surface area contributed by atoms with E-state index in [0.717, 1.165) is 32.2 Å². The number of pyridine rings is 1. The Hall–Kier alpha value is -3.30. The van der Waals surface area contributed by atoms with E-state index in [1.165, 1.54) is 23.1 Å². The number of nitrogens with one attached hydrogen (secondary N) is 1. The highest BCUT2D eigenvalue weighted by Crippen LogP contribution is 2.29. The van der Waals surface area contributed by atoms with Gasteiger partial charge in [-0.25, -0.2) is 9.97 Å². The van der Waals surface area contributed by atoms with Crippen molar-refractivity contribution >= 4 is 45.7 Å². The van der Waals surface area contributed by atoms with Crippen LogP contribution in [0.2, 0.25) is 0 Å². The number of hydrogen-bond acceptors (Lipinski definition) is 8. The van der Waals surface area contributed by atoms with Gasteiger partial charge in [-0.3, -0.25) is 14.6 Å². The zero-order chi connectivity index (χ0) is 23.9. The first-order valence-electron chi connectivity index (χ1n) is 10.8. The molecule has 3 heterocycles. The van der Waals surface area contributed by atoms with Crippen LogP contribution in [0.15, 0.2) is 59.8 Å². The standard InChI is InChI=1S/C25H24N4O3S2/c1-16-28-21-9-7-18(32-2)13-20(21)25(29-16)33-15-22(30)23-10-8-19(34-23)14-27-24(31)11-6-17-5-3-4-12-26-17/h3-5,7-10,12-13H,6,11,14-15H2,1-2H3,(H,27,31). The molecule has 0 aliphatic rings. The average Bonchev–Trinajstić information content (AvgIpc) is 3.34. The van der Waals surface area contributed by atoms with Crippen LogP contribution in [0.3, 0.4) is 0 Å². The number of nitrogens with zero attached hydrogens (tertiary/aromatic N) is 3. The Kier molecular flexibility index (Phi) is 7.87. The van der Waals surface area contributed by atoms with Gasteiger partial charge in [-0.2, -0.15) is 0 Å². The first kappa shape index (κ1) is 23.8. The number of fused-ring (bicyclic) bond motifs is 1. The van der Waals surface area contributed by atoms with Gasteiger partial charge in [0, 0.05) is 28.6 Å². The molecule has 4 rings (SSSR count). The van der Waals surface area contributed by atoms with E-state index in [9.17, 15) is 9.59 Å². The fraction of sp³-hybridized carbons (Fsp3) is 0.240. The summed E-state index contributed by atoms with van der Waals surface area (Å²) in [4.78, 5) is 39.8. The number of rotatable bonds is 10. The minimum Gasteiger partial charge on any atom is -0.497 e. The predicted molar refractivity (Wildman–Crippen MR) is 135 cm³/mol. The molecular formula is C25H24N4O3S2. The van der Waals surface area contributed by atoms with Crippen LogP contribution in [0.1, 0.15) is 32.5 Å². The third-order valence-electron chi connectivity index (χ3n) is 5.05. The molecule has 3 aromatic heterocycles. The molecule has 0 aliphatic heterocycles. The number of ketones is 1. The predicted octanol–water partition coefficient (Wildman–Crippen LogP) is 4.63. The number of thioether (sulfide) groups is 1. The lowest BCUT2D eigenvalue weighted by Gasteiger charge is -2.08. The van der Waals surface area contributed by atoms with E-state index in [2.05, 4.69) is 20.3 Å². The van der Waals surface area contributed by atoms with E-state index in [1.807, 2.05) is 55.5 Å². The molecule has 4 aromatic rings. The second-order valence-electron chi connectivity index (χ2n) is 7.53. The zero-order valence-electron chi connectivity index (χ0n) is 18.9. The number of methoxy groups -OCH3 is 1. The zero-order valence-corrected chi connectivity index (χ0v) is 20.5. The molecule has 0 atom stereocenters. The fourth-order valence-corrected chi connectivity index (χ4v) is 5.23. The van der Waals surface area contributed by atoms with Crippen molar-refractivity contribution in [2.75, 3.05) is 12.9 Å². The summed E-state index contributed by atoms with van der Waals surface area (Å²) in [5, 5.41) is 4.53. The number of Topliss-reactive ketones (excluding diaryl/α,β-unsaturated/α-hetero) is 1. The molecule has 7 nitrogen and oxygen atoms in total. The maximum absolute atomic E-state index is 12.8. The number of aryl methyl sites for hydroxylation is 2. The number of thiophene rings is 1. The summed E-state index contributed by atoms with van der Waals surface area (Å²) in [6, 6.07) is 15.0. The summed E-state index contributed by atoms with van der Waals surface area (Å²) in [7, 11) is 1.61. The second-order valence-corrected chi connectivity index (χ2v) is 9.67. The topological polar surface area (TPSA) is 94.1 Å². The number of carbonyl (C=O) groups is 2. The summed E-state index contributed by atoms with van der Waals surface area (Å²) in [6.45, 7) is 2.24. The largest absolute Gasteiger partial charge is 0.497 e. The highest BCUT2D eigenvalue weighted by atomic mass is 32.2. The molecule has 0 saturated heterocycles. The Balaban J connectivity index is 1.32. The quantitative estimate of drug-likeness (QED) is 0.196. The van der Waals surface area contributed by atoms with Gasteiger partial charge in [-0.1, -0.05) is 17.8 Å². The van der Waals surface area contributed by atoms with Gasteiger partial charge in [-0.15, -0.1) is 11.3 Å². The molecule has 0 unspecified atom stereocenters. The Morgan fingerprint density at radius 2 is 2.00 bits per heavy atom. The van der Waals surface area contributed by atoms with Crippen molar-refractivity contribution in [2.45, 2.75) is 31.3 Å². The molecule has 1 N–H and O–H groups in total. The number of ether oxygens (including phenoxy) is 1. The van der Waals surface area contributed by atoms with Gasteiger partial charge in [0.05, 0.1) is 29.8 Å². The van der Waals surface area contributed by atoms with Crippen LogP contribution in [0.4, 0.5) is 0 Å². The van der Waals surface area contributed by atoms with Crippen LogP contribution in [-0.4, -0.2) is 39.5 Å². The SMILES string of the molecule is COc1ccc2nc(C)nc(SCC(=O)c3ccc(CNC(=O)CCc4ccccn4)s3)c2c1. The number of carbonyl (C=O) groups excluding carboxylic acids is 2. The van der Waals surface area contributed by atoms with E-state index in [-0.39, 0.29) is 17.4 Å². The molecule has 9 heteroatoms. The molecule has 0 bridgehead atoms.